The zero-order valence-corrected chi connectivity index (χ0v) is 14.4. The standard InChI is InChI=1S/C11H18N4S2.HI/c1-9-14-10(8-17-9)2-3-13-11(12)15-4-6-16-7-5-15;/h8H,2-7H2,1H3,(H2,12,13);1H. The van der Waals surface area contributed by atoms with Crippen molar-refractivity contribution in [3.8, 4) is 0 Å². The molecule has 18 heavy (non-hydrogen) atoms. The normalized spacial score (nSPS) is 16.5. The molecule has 0 saturated carbocycles. The predicted octanol–water partition coefficient (Wildman–Crippen LogP) is 1.98. The van der Waals surface area contributed by atoms with Gasteiger partial charge in [0.25, 0.3) is 0 Å². The van der Waals surface area contributed by atoms with Crippen LogP contribution in [0.15, 0.2) is 10.4 Å². The molecule has 4 nitrogen and oxygen atoms in total. The van der Waals surface area contributed by atoms with Crippen molar-refractivity contribution in [1.29, 1.82) is 0 Å². The van der Waals surface area contributed by atoms with Crippen molar-refractivity contribution in [3.63, 3.8) is 0 Å². The van der Waals surface area contributed by atoms with Crippen LogP contribution < -0.4 is 5.73 Å². The molecule has 0 aromatic carbocycles. The smallest absolute Gasteiger partial charge is 0.191 e. The number of rotatable bonds is 3. The van der Waals surface area contributed by atoms with Crippen LogP contribution in [-0.2, 0) is 6.42 Å². The molecule has 0 unspecified atom stereocenters. The fraction of sp³-hybridized carbons (Fsp3) is 0.636. The Morgan fingerprint density at radius 1 is 1.50 bits per heavy atom. The number of nitrogens with zero attached hydrogens (tertiary/aromatic N) is 3. The van der Waals surface area contributed by atoms with Gasteiger partial charge in [-0.25, -0.2) is 4.98 Å². The van der Waals surface area contributed by atoms with E-state index < -0.39 is 0 Å². The van der Waals surface area contributed by atoms with Crippen molar-refractivity contribution in [3.05, 3.63) is 16.1 Å². The van der Waals surface area contributed by atoms with E-state index in [-0.39, 0.29) is 24.0 Å². The molecular weight excluding hydrogens is 379 g/mol. The largest absolute Gasteiger partial charge is 0.370 e. The Labute approximate surface area is 133 Å². The van der Waals surface area contributed by atoms with Gasteiger partial charge in [-0.15, -0.1) is 35.3 Å². The maximum absolute atomic E-state index is 5.97. The quantitative estimate of drug-likeness (QED) is 0.481. The van der Waals surface area contributed by atoms with E-state index in [0.29, 0.717) is 5.96 Å². The Morgan fingerprint density at radius 2 is 2.22 bits per heavy atom. The van der Waals surface area contributed by atoms with Crippen LogP contribution in [0.5, 0.6) is 0 Å². The molecule has 1 aliphatic rings. The third kappa shape index (κ3) is 4.93. The lowest BCUT2D eigenvalue weighted by atomic mass is 10.3. The SMILES string of the molecule is Cc1nc(CCN=C(N)N2CCSCC2)cs1.I. The molecule has 0 radical (unpaired) electrons. The molecule has 1 saturated heterocycles. The van der Waals surface area contributed by atoms with Crippen molar-refractivity contribution < 1.29 is 0 Å². The number of thioether (sulfide) groups is 1. The molecule has 7 heteroatoms. The van der Waals surface area contributed by atoms with E-state index in [4.69, 9.17) is 5.73 Å². The van der Waals surface area contributed by atoms with Crippen molar-refractivity contribution in [2.45, 2.75) is 13.3 Å². The number of aliphatic imine (C=N–C) groups is 1. The molecule has 0 aliphatic carbocycles. The molecule has 1 aromatic heterocycles. The Bertz CT molecular complexity index is 388. The number of guanidine groups is 1. The second kappa shape index (κ2) is 8.21. The van der Waals surface area contributed by atoms with Crippen molar-refractivity contribution in [2.24, 2.45) is 10.7 Å². The van der Waals surface area contributed by atoms with E-state index >= 15 is 0 Å². The number of aryl methyl sites for hydroxylation is 1. The number of hydrogen-bond donors (Lipinski definition) is 1. The van der Waals surface area contributed by atoms with Gasteiger partial charge in [-0.3, -0.25) is 4.99 Å². The summed E-state index contributed by atoms with van der Waals surface area (Å²) in [5, 5.41) is 3.21. The number of aromatic nitrogens is 1. The molecule has 1 fully saturated rings. The lowest BCUT2D eigenvalue weighted by Gasteiger charge is -2.27. The highest BCUT2D eigenvalue weighted by atomic mass is 127. The molecule has 1 aliphatic heterocycles. The molecule has 0 bridgehead atoms. The summed E-state index contributed by atoms with van der Waals surface area (Å²) in [6, 6.07) is 0. The van der Waals surface area contributed by atoms with Crippen LogP contribution in [0.3, 0.4) is 0 Å². The number of hydrogen-bond acceptors (Lipinski definition) is 4. The van der Waals surface area contributed by atoms with E-state index in [9.17, 15) is 0 Å². The Balaban J connectivity index is 0.00000162. The molecule has 0 spiro atoms. The van der Waals surface area contributed by atoms with Crippen LogP contribution in [0, 0.1) is 6.92 Å². The molecule has 102 valence electrons. The van der Waals surface area contributed by atoms with Gasteiger partial charge in [0.1, 0.15) is 0 Å². The Hall–Kier alpha value is -0.0200. The van der Waals surface area contributed by atoms with Crippen LogP contribution in [0.2, 0.25) is 0 Å². The van der Waals surface area contributed by atoms with E-state index in [2.05, 4.69) is 20.3 Å². The summed E-state index contributed by atoms with van der Waals surface area (Å²) in [4.78, 5) is 11.0. The van der Waals surface area contributed by atoms with Gasteiger partial charge in [0.15, 0.2) is 5.96 Å². The first kappa shape index (κ1) is 16.0. The van der Waals surface area contributed by atoms with Gasteiger partial charge in [0.05, 0.1) is 10.7 Å². The Morgan fingerprint density at radius 3 is 2.83 bits per heavy atom. The van der Waals surface area contributed by atoms with Crippen molar-refractivity contribution in [1.82, 2.24) is 9.88 Å². The highest BCUT2D eigenvalue weighted by molar-refractivity contribution is 14.0. The minimum Gasteiger partial charge on any atom is -0.370 e. The van der Waals surface area contributed by atoms with Gasteiger partial charge < -0.3 is 10.6 Å². The zero-order chi connectivity index (χ0) is 12.1. The summed E-state index contributed by atoms with van der Waals surface area (Å²) in [5.74, 6) is 3.00. The average molecular weight is 398 g/mol. The van der Waals surface area contributed by atoms with Crippen molar-refractivity contribution in [2.75, 3.05) is 31.1 Å². The maximum atomic E-state index is 5.97. The van der Waals surface area contributed by atoms with Crippen LogP contribution >= 0.6 is 47.1 Å². The molecular formula is C11H19IN4S2. The summed E-state index contributed by atoms with van der Waals surface area (Å²) in [5.41, 5.74) is 7.09. The van der Waals surface area contributed by atoms with Gasteiger partial charge in [-0.2, -0.15) is 11.8 Å². The molecule has 1 aromatic rings. The molecule has 2 rings (SSSR count). The molecule has 2 heterocycles. The fourth-order valence-corrected chi connectivity index (χ4v) is 3.25. The van der Waals surface area contributed by atoms with E-state index in [1.54, 1.807) is 11.3 Å². The molecule has 0 amide bonds. The van der Waals surface area contributed by atoms with Crippen LogP contribution in [0.1, 0.15) is 10.7 Å². The van der Waals surface area contributed by atoms with Gasteiger partial charge in [-0.1, -0.05) is 0 Å². The predicted molar refractivity (Wildman–Crippen MR) is 91.4 cm³/mol. The van der Waals surface area contributed by atoms with Gasteiger partial charge in [0, 0.05) is 42.9 Å². The van der Waals surface area contributed by atoms with Crippen LogP contribution in [-0.4, -0.2) is 47.0 Å². The topological polar surface area (TPSA) is 54.5 Å². The summed E-state index contributed by atoms with van der Waals surface area (Å²) in [6.45, 7) is 4.81. The highest BCUT2D eigenvalue weighted by Crippen LogP contribution is 2.10. The fourth-order valence-electron chi connectivity index (χ4n) is 1.70. The van der Waals surface area contributed by atoms with E-state index in [1.807, 2.05) is 18.7 Å². The third-order valence-electron chi connectivity index (χ3n) is 2.64. The first-order valence-electron chi connectivity index (χ1n) is 5.79. The van der Waals surface area contributed by atoms with Crippen LogP contribution in [0.25, 0.3) is 0 Å². The number of thiazole rings is 1. The Kier molecular flexibility index (Phi) is 7.31. The van der Waals surface area contributed by atoms with Crippen LogP contribution in [0.4, 0.5) is 0 Å². The lowest BCUT2D eigenvalue weighted by molar-refractivity contribution is 0.456. The summed E-state index contributed by atoms with van der Waals surface area (Å²) < 4.78 is 0. The van der Waals surface area contributed by atoms with Gasteiger partial charge in [-0.05, 0) is 6.92 Å². The first-order chi connectivity index (χ1) is 8.25. The average Bonchev–Trinajstić information content (AvgIpc) is 2.76. The zero-order valence-electron chi connectivity index (χ0n) is 10.5. The van der Waals surface area contributed by atoms with Gasteiger partial charge in [0.2, 0.25) is 0 Å². The first-order valence-corrected chi connectivity index (χ1v) is 7.83. The lowest BCUT2D eigenvalue weighted by Crippen LogP contribution is -2.42. The second-order valence-electron chi connectivity index (χ2n) is 3.95. The maximum Gasteiger partial charge on any atom is 0.191 e. The van der Waals surface area contributed by atoms with E-state index in [0.717, 1.165) is 48.3 Å². The van der Waals surface area contributed by atoms with Gasteiger partial charge >= 0.3 is 0 Å². The minimum atomic E-state index is 0. The molecule has 0 atom stereocenters. The minimum absolute atomic E-state index is 0. The third-order valence-corrected chi connectivity index (χ3v) is 4.41. The summed E-state index contributed by atoms with van der Waals surface area (Å²) in [7, 11) is 0. The van der Waals surface area contributed by atoms with Crippen molar-refractivity contribution >= 4 is 53.0 Å². The number of nitrogens with two attached hydrogens (primary N) is 1. The summed E-state index contributed by atoms with van der Waals surface area (Å²) >= 11 is 3.67. The second-order valence-corrected chi connectivity index (χ2v) is 6.23. The molecule has 2 N–H and O–H groups in total. The summed E-state index contributed by atoms with van der Waals surface area (Å²) in [6.07, 6.45) is 0.883. The number of halogens is 1. The monoisotopic (exact) mass is 398 g/mol. The van der Waals surface area contributed by atoms with E-state index in [1.165, 1.54) is 0 Å². The highest BCUT2D eigenvalue weighted by Gasteiger charge is 2.11.